The summed E-state index contributed by atoms with van der Waals surface area (Å²) in [6.07, 6.45) is 12.8. The van der Waals surface area contributed by atoms with E-state index in [1.807, 2.05) is 6.08 Å². The molecule has 0 saturated heterocycles. The summed E-state index contributed by atoms with van der Waals surface area (Å²) >= 11 is 0. The van der Waals surface area contributed by atoms with Crippen LogP contribution >= 0.6 is 0 Å². The molecular weight excluding hydrogens is 452 g/mol. The first-order valence-electron chi connectivity index (χ1n) is 13.8. The van der Waals surface area contributed by atoms with Gasteiger partial charge in [-0.1, -0.05) is 52.0 Å². The molecule has 2 N–H and O–H groups in total. The van der Waals surface area contributed by atoms with Crippen LogP contribution in [-0.2, 0) is 14.3 Å². The summed E-state index contributed by atoms with van der Waals surface area (Å²) in [7, 11) is 1.45. The SMILES string of the molecule is C=C(CO)C1CCC2C(=CCC3(C)C(C(C)CCC=C(C)C(=O)O)CCC23C)C1(C)CCC(=O)OC. The van der Waals surface area contributed by atoms with Crippen molar-refractivity contribution in [2.75, 3.05) is 13.7 Å². The van der Waals surface area contributed by atoms with E-state index >= 15 is 0 Å². The van der Waals surface area contributed by atoms with E-state index in [4.69, 9.17) is 4.74 Å². The summed E-state index contributed by atoms with van der Waals surface area (Å²) in [6.45, 7) is 15.5. The molecule has 0 heterocycles. The third-order valence-electron chi connectivity index (χ3n) is 11.0. The summed E-state index contributed by atoms with van der Waals surface area (Å²) in [4.78, 5) is 23.3. The number of allylic oxidation sites excluding steroid dienone is 3. The second-order valence-corrected chi connectivity index (χ2v) is 12.6. The lowest BCUT2D eigenvalue weighted by molar-refractivity contribution is -0.141. The van der Waals surface area contributed by atoms with E-state index in [2.05, 4.69) is 40.3 Å². The first kappa shape index (κ1) is 28.7. The van der Waals surface area contributed by atoms with Gasteiger partial charge in [0, 0.05) is 12.0 Å². The van der Waals surface area contributed by atoms with Crippen LogP contribution in [0.3, 0.4) is 0 Å². The van der Waals surface area contributed by atoms with Crippen LogP contribution in [0.25, 0.3) is 0 Å². The number of hydrogen-bond donors (Lipinski definition) is 2. The van der Waals surface area contributed by atoms with Crippen molar-refractivity contribution >= 4 is 11.9 Å². The van der Waals surface area contributed by atoms with Crippen LogP contribution in [0, 0.1) is 39.9 Å². The third-order valence-corrected chi connectivity index (χ3v) is 11.0. The van der Waals surface area contributed by atoms with Crippen molar-refractivity contribution in [3.63, 3.8) is 0 Å². The fourth-order valence-corrected chi connectivity index (χ4v) is 8.52. The van der Waals surface area contributed by atoms with Crippen molar-refractivity contribution < 1.29 is 24.5 Å². The molecule has 36 heavy (non-hydrogen) atoms. The lowest BCUT2D eigenvalue weighted by atomic mass is 9.44. The van der Waals surface area contributed by atoms with Gasteiger partial charge in [-0.05, 0) is 104 Å². The average molecular weight is 501 g/mol. The van der Waals surface area contributed by atoms with Crippen molar-refractivity contribution in [2.45, 2.75) is 92.4 Å². The topological polar surface area (TPSA) is 83.8 Å². The van der Waals surface area contributed by atoms with Crippen LogP contribution in [0.15, 0.2) is 35.5 Å². The summed E-state index contributed by atoms with van der Waals surface area (Å²) < 4.78 is 4.98. The van der Waals surface area contributed by atoms with Crippen molar-refractivity contribution in [3.05, 3.63) is 35.5 Å². The third kappa shape index (κ3) is 4.85. The molecule has 202 valence electrons. The molecule has 5 heteroatoms. The predicted molar refractivity (Wildman–Crippen MR) is 143 cm³/mol. The van der Waals surface area contributed by atoms with Crippen LogP contribution in [0.5, 0.6) is 0 Å². The van der Waals surface area contributed by atoms with Gasteiger partial charge in [0.05, 0.1) is 13.7 Å². The molecule has 0 bridgehead atoms. The summed E-state index contributed by atoms with van der Waals surface area (Å²) in [5.41, 5.74) is 2.96. The van der Waals surface area contributed by atoms with E-state index in [1.165, 1.54) is 25.5 Å². The van der Waals surface area contributed by atoms with Gasteiger partial charge in [0.2, 0.25) is 0 Å². The Balaban J connectivity index is 1.90. The molecule has 7 atom stereocenters. The predicted octanol–water partition coefficient (Wildman–Crippen LogP) is 6.72. The van der Waals surface area contributed by atoms with Gasteiger partial charge in [-0.2, -0.15) is 0 Å². The van der Waals surface area contributed by atoms with Crippen LogP contribution in [0.1, 0.15) is 92.4 Å². The maximum absolute atomic E-state index is 12.1. The van der Waals surface area contributed by atoms with Gasteiger partial charge >= 0.3 is 11.9 Å². The van der Waals surface area contributed by atoms with E-state index in [1.54, 1.807) is 6.92 Å². The normalized spacial score (nSPS) is 36.9. The maximum atomic E-state index is 12.1. The van der Waals surface area contributed by atoms with Crippen LogP contribution in [-0.4, -0.2) is 35.9 Å². The number of carbonyl (C=O) groups is 2. The minimum absolute atomic E-state index is 0.0131. The number of carbonyl (C=O) groups excluding carboxylic acids is 1. The maximum Gasteiger partial charge on any atom is 0.330 e. The van der Waals surface area contributed by atoms with Gasteiger partial charge in [0.15, 0.2) is 0 Å². The van der Waals surface area contributed by atoms with Crippen molar-refractivity contribution in [1.29, 1.82) is 0 Å². The Hall–Kier alpha value is -1.88. The van der Waals surface area contributed by atoms with Crippen molar-refractivity contribution in [2.24, 2.45) is 39.9 Å². The molecule has 0 radical (unpaired) electrons. The van der Waals surface area contributed by atoms with Crippen LogP contribution in [0.2, 0.25) is 0 Å². The number of carboxylic acids is 1. The molecule has 0 amide bonds. The summed E-state index contributed by atoms with van der Waals surface area (Å²) in [5, 5.41) is 19.1. The number of aliphatic carboxylic acids is 1. The Morgan fingerprint density at radius 2 is 1.92 bits per heavy atom. The number of aliphatic hydroxyl groups excluding tert-OH is 1. The minimum Gasteiger partial charge on any atom is -0.478 e. The smallest absolute Gasteiger partial charge is 0.330 e. The summed E-state index contributed by atoms with van der Waals surface area (Å²) in [5.74, 6) is 0.756. The highest BCUT2D eigenvalue weighted by molar-refractivity contribution is 5.85. The molecule has 2 saturated carbocycles. The zero-order valence-electron chi connectivity index (χ0n) is 23.4. The number of ether oxygens (including phenoxy) is 1. The lowest BCUT2D eigenvalue weighted by Gasteiger charge is -2.60. The molecule has 0 aromatic rings. The molecule has 0 aliphatic heterocycles. The number of fused-ring (bicyclic) bond motifs is 3. The molecule has 3 aliphatic rings. The number of carboxylic acid groups (broad SMARTS) is 1. The Morgan fingerprint density at radius 3 is 2.53 bits per heavy atom. The molecule has 2 fully saturated rings. The van der Waals surface area contributed by atoms with E-state index < -0.39 is 5.97 Å². The van der Waals surface area contributed by atoms with Gasteiger partial charge in [-0.3, -0.25) is 4.79 Å². The van der Waals surface area contributed by atoms with Gasteiger partial charge < -0.3 is 14.9 Å². The highest BCUT2D eigenvalue weighted by atomic mass is 16.5. The zero-order chi connectivity index (χ0) is 26.9. The molecule has 0 aromatic heterocycles. The van der Waals surface area contributed by atoms with Gasteiger partial charge in [-0.15, -0.1) is 0 Å². The number of methoxy groups -OCH3 is 1. The first-order chi connectivity index (χ1) is 16.9. The van der Waals surface area contributed by atoms with Gasteiger partial charge in [0.25, 0.3) is 0 Å². The molecule has 5 nitrogen and oxygen atoms in total. The Labute approximate surface area is 218 Å². The number of aliphatic hydroxyl groups is 1. The molecule has 7 unspecified atom stereocenters. The molecular formula is C31H48O5. The Kier molecular flexibility index (Phi) is 8.65. The van der Waals surface area contributed by atoms with E-state index in [-0.39, 0.29) is 34.7 Å². The van der Waals surface area contributed by atoms with Gasteiger partial charge in [-0.25, -0.2) is 4.79 Å². The number of hydrogen-bond acceptors (Lipinski definition) is 4. The van der Waals surface area contributed by atoms with E-state index in [0.29, 0.717) is 36.2 Å². The Bertz CT molecular complexity index is 931. The second-order valence-electron chi connectivity index (χ2n) is 12.6. The quantitative estimate of drug-likeness (QED) is 0.198. The fourth-order valence-electron chi connectivity index (χ4n) is 8.52. The van der Waals surface area contributed by atoms with E-state index in [0.717, 1.165) is 37.7 Å². The van der Waals surface area contributed by atoms with Crippen molar-refractivity contribution in [1.82, 2.24) is 0 Å². The highest BCUT2D eigenvalue weighted by Crippen LogP contribution is 2.71. The lowest BCUT2D eigenvalue weighted by Crippen LogP contribution is -2.52. The zero-order valence-corrected chi connectivity index (χ0v) is 23.4. The summed E-state index contributed by atoms with van der Waals surface area (Å²) in [6, 6.07) is 0. The average Bonchev–Trinajstić information content (AvgIpc) is 3.13. The Morgan fingerprint density at radius 1 is 1.22 bits per heavy atom. The highest BCUT2D eigenvalue weighted by Gasteiger charge is 2.63. The molecule has 0 aromatic carbocycles. The monoisotopic (exact) mass is 500 g/mol. The minimum atomic E-state index is -0.831. The van der Waals surface area contributed by atoms with Crippen molar-refractivity contribution in [3.8, 4) is 0 Å². The molecule has 0 spiro atoms. The second kappa shape index (κ2) is 10.8. The van der Waals surface area contributed by atoms with E-state index in [9.17, 15) is 19.8 Å². The fraction of sp³-hybridized carbons (Fsp3) is 0.742. The first-order valence-corrected chi connectivity index (χ1v) is 13.8. The molecule has 3 aliphatic carbocycles. The van der Waals surface area contributed by atoms with Crippen LogP contribution in [0.4, 0.5) is 0 Å². The number of esters is 1. The van der Waals surface area contributed by atoms with Crippen LogP contribution < -0.4 is 0 Å². The number of rotatable bonds is 10. The standard InChI is InChI=1S/C31H48O5/c1-20(9-8-10-21(2)28(34)35)24-13-17-31(6)26-12-11-23(22(3)19-32)29(4,16-15-27(33)36-7)25(26)14-18-30(24,31)5/h10,14,20,23-24,26,32H,3,8-9,11-13,15-19H2,1-2,4-7H3,(H,34,35). The molecule has 3 rings (SSSR count). The largest absolute Gasteiger partial charge is 0.478 e. The van der Waals surface area contributed by atoms with Gasteiger partial charge in [0.1, 0.15) is 0 Å².